The number of amides is 1. The van der Waals surface area contributed by atoms with Crippen molar-refractivity contribution >= 4 is 6.09 Å². The van der Waals surface area contributed by atoms with E-state index in [0.717, 1.165) is 24.9 Å². The number of carbonyl (C=O) groups is 1. The van der Waals surface area contributed by atoms with Crippen molar-refractivity contribution in [3.63, 3.8) is 0 Å². The largest absolute Gasteiger partial charge is 0.444 e. The van der Waals surface area contributed by atoms with Gasteiger partial charge in [0.1, 0.15) is 17.4 Å². The number of piperidine rings is 1. The smallest absolute Gasteiger partial charge is 0.410 e. The Balaban J connectivity index is 1.86. The van der Waals surface area contributed by atoms with Gasteiger partial charge >= 0.3 is 6.09 Å². The molecule has 0 aromatic carbocycles. The summed E-state index contributed by atoms with van der Waals surface area (Å²) >= 11 is 0. The summed E-state index contributed by atoms with van der Waals surface area (Å²) in [6.45, 7) is 7.75. The molecule has 1 unspecified atom stereocenters. The van der Waals surface area contributed by atoms with E-state index in [9.17, 15) is 4.79 Å². The second kappa shape index (κ2) is 7.05. The van der Waals surface area contributed by atoms with E-state index in [0.29, 0.717) is 18.8 Å². The van der Waals surface area contributed by atoms with Crippen LogP contribution in [0.5, 0.6) is 0 Å². The topological polar surface area (TPSA) is 70.3 Å². The normalized spacial score (nSPS) is 18.6. The first-order valence-electron chi connectivity index (χ1n) is 8.05. The molecule has 1 aliphatic heterocycles. The van der Waals surface area contributed by atoms with Gasteiger partial charge in [-0.25, -0.2) is 4.79 Å². The van der Waals surface area contributed by atoms with E-state index in [1.807, 2.05) is 44.6 Å². The highest BCUT2D eigenvalue weighted by Gasteiger charge is 2.27. The monoisotopic (exact) mass is 318 g/mol. The Morgan fingerprint density at radius 1 is 1.52 bits per heavy atom. The number of hydrogen-bond acceptors (Lipinski definition) is 4. The minimum atomic E-state index is -0.463. The van der Waals surface area contributed by atoms with Gasteiger partial charge in [0.2, 0.25) is 0 Å². The van der Waals surface area contributed by atoms with E-state index < -0.39 is 5.60 Å². The highest BCUT2D eigenvalue weighted by atomic mass is 16.6. The van der Waals surface area contributed by atoms with Crippen molar-refractivity contribution in [1.29, 1.82) is 5.26 Å². The molecule has 2 rings (SSSR count). The van der Waals surface area contributed by atoms with E-state index in [1.165, 1.54) is 0 Å². The number of nitrogens with one attached hydrogen (secondary N) is 1. The summed E-state index contributed by atoms with van der Waals surface area (Å²) < 4.78 is 7.27. The van der Waals surface area contributed by atoms with Crippen molar-refractivity contribution in [2.45, 2.75) is 51.8 Å². The first kappa shape index (κ1) is 17.4. The molecular weight excluding hydrogens is 292 g/mol. The van der Waals surface area contributed by atoms with Crippen molar-refractivity contribution in [3.8, 4) is 6.07 Å². The fourth-order valence-electron chi connectivity index (χ4n) is 2.74. The third-order valence-corrected chi connectivity index (χ3v) is 3.84. The average Bonchev–Trinajstić information content (AvgIpc) is 2.84. The van der Waals surface area contributed by atoms with E-state index in [2.05, 4.69) is 11.4 Å². The van der Waals surface area contributed by atoms with Crippen LogP contribution in [0.3, 0.4) is 0 Å². The van der Waals surface area contributed by atoms with Crippen molar-refractivity contribution in [1.82, 2.24) is 14.8 Å². The standard InChI is InChI=1S/C17H26N4O2/c1-17(2,3)23-16(22)21-7-5-6-14(12-21)19-10-13-8-15(9-18)20(4)11-13/h8,11,14,19H,5-7,10,12H2,1-4H3. The molecule has 1 N–H and O–H groups in total. The second-order valence-electron chi connectivity index (χ2n) is 7.10. The summed E-state index contributed by atoms with van der Waals surface area (Å²) in [7, 11) is 1.87. The quantitative estimate of drug-likeness (QED) is 0.929. The van der Waals surface area contributed by atoms with E-state index in [1.54, 1.807) is 4.90 Å². The molecule has 23 heavy (non-hydrogen) atoms. The zero-order chi connectivity index (χ0) is 17.0. The fourth-order valence-corrected chi connectivity index (χ4v) is 2.74. The number of carbonyl (C=O) groups excluding carboxylic acids is 1. The summed E-state index contributed by atoms with van der Waals surface area (Å²) in [4.78, 5) is 13.9. The van der Waals surface area contributed by atoms with Crippen LogP contribution >= 0.6 is 0 Å². The predicted molar refractivity (Wildman–Crippen MR) is 87.8 cm³/mol. The number of nitriles is 1. The molecule has 0 radical (unpaired) electrons. The van der Waals surface area contributed by atoms with E-state index in [4.69, 9.17) is 10.00 Å². The lowest BCUT2D eigenvalue weighted by molar-refractivity contribution is 0.0187. The maximum atomic E-state index is 12.2. The highest BCUT2D eigenvalue weighted by molar-refractivity contribution is 5.68. The lowest BCUT2D eigenvalue weighted by Crippen LogP contribution is -2.49. The van der Waals surface area contributed by atoms with Gasteiger partial charge in [-0.3, -0.25) is 0 Å². The summed E-state index contributed by atoms with van der Waals surface area (Å²) in [5.41, 5.74) is 1.27. The van der Waals surface area contributed by atoms with Gasteiger partial charge in [0.25, 0.3) is 0 Å². The minimum absolute atomic E-state index is 0.240. The van der Waals surface area contributed by atoms with Crippen LogP contribution in [0, 0.1) is 11.3 Å². The van der Waals surface area contributed by atoms with Gasteiger partial charge in [-0.15, -0.1) is 0 Å². The molecule has 1 saturated heterocycles. The van der Waals surface area contributed by atoms with Crippen LogP contribution < -0.4 is 5.32 Å². The first-order chi connectivity index (χ1) is 10.8. The minimum Gasteiger partial charge on any atom is -0.444 e. The number of hydrogen-bond donors (Lipinski definition) is 1. The molecule has 2 heterocycles. The molecular formula is C17H26N4O2. The molecule has 1 aromatic rings. The molecule has 126 valence electrons. The van der Waals surface area contributed by atoms with E-state index in [-0.39, 0.29) is 12.1 Å². The molecule has 0 bridgehead atoms. The Kier molecular flexibility index (Phi) is 5.32. The molecule has 1 amide bonds. The van der Waals surface area contributed by atoms with Crippen molar-refractivity contribution in [3.05, 3.63) is 23.5 Å². The number of aryl methyl sites for hydroxylation is 1. The fraction of sp³-hybridized carbons (Fsp3) is 0.647. The number of likely N-dealkylation sites (tertiary alicyclic amines) is 1. The molecule has 0 spiro atoms. The van der Waals surface area contributed by atoms with E-state index >= 15 is 0 Å². The van der Waals surface area contributed by atoms with Gasteiger partial charge in [0.05, 0.1) is 0 Å². The van der Waals surface area contributed by atoms with Crippen LogP contribution in [0.2, 0.25) is 0 Å². The molecule has 0 saturated carbocycles. The number of nitrogens with zero attached hydrogens (tertiary/aromatic N) is 3. The van der Waals surface area contributed by atoms with Gasteiger partial charge in [-0.05, 0) is 45.2 Å². The van der Waals surface area contributed by atoms with Crippen molar-refractivity contribution in [2.75, 3.05) is 13.1 Å². The Labute approximate surface area is 138 Å². The molecule has 0 aliphatic carbocycles. The molecule has 1 fully saturated rings. The van der Waals surface area contributed by atoms with Crippen molar-refractivity contribution in [2.24, 2.45) is 7.05 Å². The average molecular weight is 318 g/mol. The maximum Gasteiger partial charge on any atom is 0.410 e. The number of aromatic nitrogens is 1. The highest BCUT2D eigenvalue weighted by Crippen LogP contribution is 2.16. The van der Waals surface area contributed by atoms with Crippen LogP contribution in [0.1, 0.15) is 44.9 Å². The van der Waals surface area contributed by atoms with Crippen LogP contribution in [0.4, 0.5) is 4.79 Å². The number of ether oxygens (including phenoxy) is 1. The lowest BCUT2D eigenvalue weighted by atomic mass is 10.1. The van der Waals surface area contributed by atoms with Gasteiger partial charge < -0.3 is 19.5 Å². The molecule has 1 aromatic heterocycles. The summed E-state index contributed by atoms with van der Waals surface area (Å²) in [6, 6.07) is 4.31. The molecule has 1 aliphatic rings. The molecule has 6 heteroatoms. The zero-order valence-electron chi connectivity index (χ0n) is 14.4. The predicted octanol–water partition coefficient (Wildman–Crippen LogP) is 2.39. The van der Waals surface area contributed by atoms with Gasteiger partial charge in [0.15, 0.2) is 0 Å². The summed E-state index contributed by atoms with van der Waals surface area (Å²) in [5.74, 6) is 0. The number of rotatable bonds is 3. The van der Waals surface area contributed by atoms with Crippen LogP contribution in [0.25, 0.3) is 0 Å². The van der Waals surface area contributed by atoms with Gasteiger partial charge in [-0.2, -0.15) is 5.26 Å². The Morgan fingerprint density at radius 3 is 2.87 bits per heavy atom. The SMILES string of the molecule is Cn1cc(CNC2CCCN(C(=O)OC(C)(C)C)C2)cc1C#N. The molecule has 1 atom stereocenters. The summed E-state index contributed by atoms with van der Waals surface area (Å²) in [6.07, 6.45) is 3.72. The summed E-state index contributed by atoms with van der Waals surface area (Å²) in [5, 5.41) is 12.5. The van der Waals surface area contributed by atoms with Crippen molar-refractivity contribution < 1.29 is 9.53 Å². The van der Waals surface area contributed by atoms with Crippen LogP contribution in [-0.2, 0) is 18.3 Å². The third kappa shape index (κ3) is 5.00. The Hall–Kier alpha value is -2.00. The van der Waals surface area contributed by atoms with Gasteiger partial charge in [-0.1, -0.05) is 0 Å². The lowest BCUT2D eigenvalue weighted by Gasteiger charge is -2.34. The molecule has 6 nitrogen and oxygen atoms in total. The maximum absolute atomic E-state index is 12.2. The second-order valence-corrected chi connectivity index (χ2v) is 7.10. The third-order valence-electron chi connectivity index (χ3n) is 3.84. The first-order valence-corrected chi connectivity index (χ1v) is 8.05. The zero-order valence-corrected chi connectivity index (χ0v) is 14.4. The van der Waals surface area contributed by atoms with Gasteiger partial charge in [0, 0.05) is 38.9 Å². The Bertz CT molecular complexity index is 595. The van der Waals surface area contributed by atoms with Crippen LogP contribution in [-0.4, -0.2) is 40.3 Å². The van der Waals surface area contributed by atoms with Crippen LogP contribution in [0.15, 0.2) is 12.3 Å². The Morgan fingerprint density at radius 2 is 2.26 bits per heavy atom.